The largest absolute Gasteiger partial charge is 0.455 e. The molecule has 0 fully saturated rings. The Morgan fingerprint density at radius 2 is 0.716 bits per heavy atom. The van der Waals surface area contributed by atoms with Crippen molar-refractivity contribution in [3.05, 3.63) is 255 Å². The zero-order chi connectivity index (χ0) is 44.5. The average molecular weight is 855 g/mol. The number of benzene rings is 10. The fraction of sp³-hybridized carbons (Fsp3) is 0. The highest BCUT2D eigenvalue weighted by atomic mass is 16.3. The molecule has 0 N–H and O–H groups in total. The molecule has 314 valence electrons. The van der Waals surface area contributed by atoms with Crippen LogP contribution in [0.4, 0.5) is 0 Å². The van der Waals surface area contributed by atoms with Gasteiger partial charge in [-0.3, -0.25) is 0 Å². The molecule has 0 aliphatic rings. The molecule has 3 nitrogen and oxygen atoms in total. The minimum absolute atomic E-state index is 0.688. The summed E-state index contributed by atoms with van der Waals surface area (Å²) in [7, 11) is 0. The summed E-state index contributed by atoms with van der Waals surface area (Å²) in [6, 6.07) is 90.1. The van der Waals surface area contributed by atoms with E-state index in [1.54, 1.807) is 0 Å². The molecule has 2 heterocycles. The van der Waals surface area contributed by atoms with Gasteiger partial charge in [-0.05, 0) is 97.6 Å². The second-order valence-corrected chi connectivity index (χ2v) is 16.9. The Balaban J connectivity index is 1.00. The van der Waals surface area contributed by atoms with Crippen molar-refractivity contribution in [1.82, 2.24) is 9.97 Å². The molecule has 0 bridgehead atoms. The fourth-order valence-corrected chi connectivity index (χ4v) is 9.40. The van der Waals surface area contributed by atoms with Gasteiger partial charge in [0.1, 0.15) is 11.2 Å². The van der Waals surface area contributed by atoms with Crippen molar-refractivity contribution in [3.8, 4) is 101 Å². The zero-order valence-electron chi connectivity index (χ0n) is 36.6. The van der Waals surface area contributed by atoms with E-state index in [0.29, 0.717) is 5.82 Å². The second-order valence-electron chi connectivity index (χ2n) is 16.9. The lowest BCUT2D eigenvalue weighted by molar-refractivity contribution is 0.670. The quantitative estimate of drug-likeness (QED) is 0.145. The predicted molar refractivity (Wildman–Crippen MR) is 278 cm³/mol. The van der Waals surface area contributed by atoms with E-state index in [9.17, 15) is 0 Å². The molecule has 0 unspecified atom stereocenters. The SMILES string of the molecule is c1ccc(-c2ccc(-c3cc(-c4cccc(-c5cccc(-c6cc(-c7ccccc7)cc(-c7cccc8c7oc7ccccc78)c6-c6ccccc6)c5)c4)nc(-c4ccccc4)n3)cc2)cc1. The van der Waals surface area contributed by atoms with Gasteiger partial charge < -0.3 is 4.42 Å². The Hall–Kier alpha value is -8.92. The van der Waals surface area contributed by atoms with Gasteiger partial charge in [0.25, 0.3) is 0 Å². The number of furan rings is 1. The van der Waals surface area contributed by atoms with Crippen LogP contribution in [-0.4, -0.2) is 9.97 Å². The summed E-state index contributed by atoms with van der Waals surface area (Å²) in [6.07, 6.45) is 0. The molecule has 0 saturated carbocycles. The molecule has 12 aromatic rings. The van der Waals surface area contributed by atoms with Crippen molar-refractivity contribution >= 4 is 21.9 Å². The Kier molecular flexibility index (Phi) is 10.2. The van der Waals surface area contributed by atoms with Gasteiger partial charge >= 0.3 is 0 Å². The van der Waals surface area contributed by atoms with Crippen LogP contribution in [0.3, 0.4) is 0 Å². The first-order chi connectivity index (χ1) is 33.2. The van der Waals surface area contributed by atoms with Crippen LogP contribution < -0.4 is 0 Å². The third-order valence-corrected chi connectivity index (χ3v) is 12.7. The first-order valence-corrected chi connectivity index (χ1v) is 22.7. The van der Waals surface area contributed by atoms with Crippen molar-refractivity contribution in [1.29, 1.82) is 0 Å². The first kappa shape index (κ1) is 39.7. The molecule has 67 heavy (non-hydrogen) atoms. The number of para-hydroxylation sites is 2. The number of rotatable bonds is 9. The molecular formula is C64H42N2O. The maximum atomic E-state index is 6.72. The Morgan fingerprint density at radius 3 is 1.40 bits per heavy atom. The minimum atomic E-state index is 0.688. The maximum absolute atomic E-state index is 6.72. The lowest BCUT2D eigenvalue weighted by Gasteiger charge is -2.20. The van der Waals surface area contributed by atoms with E-state index in [4.69, 9.17) is 14.4 Å². The smallest absolute Gasteiger partial charge is 0.160 e. The van der Waals surface area contributed by atoms with Gasteiger partial charge in [0, 0.05) is 33.0 Å². The predicted octanol–water partition coefficient (Wildman–Crippen LogP) is 17.4. The van der Waals surface area contributed by atoms with E-state index in [0.717, 1.165) is 106 Å². The summed E-state index contributed by atoms with van der Waals surface area (Å²) in [5.41, 5.74) is 20.1. The number of hydrogen-bond donors (Lipinski definition) is 0. The van der Waals surface area contributed by atoms with Crippen LogP contribution in [0.5, 0.6) is 0 Å². The van der Waals surface area contributed by atoms with Crippen LogP contribution in [0.2, 0.25) is 0 Å². The number of hydrogen-bond acceptors (Lipinski definition) is 3. The summed E-state index contributed by atoms with van der Waals surface area (Å²) in [5.74, 6) is 0.688. The molecule has 0 amide bonds. The fourth-order valence-electron chi connectivity index (χ4n) is 9.40. The zero-order valence-corrected chi connectivity index (χ0v) is 36.6. The minimum Gasteiger partial charge on any atom is -0.455 e. The van der Waals surface area contributed by atoms with Crippen molar-refractivity contribution in [3.63, 3.8) is 0 Å². The molecule has 3 heteroatoms. The first-order valence-electron chi connectivity index (χ1n) is 22.7. The Bertz CT molecular complexity index is 3710. The van der Waals surface area contributed by atoms with Crippen LogP contribution in [-0.2, 0) is 0 Å². The Morgan fingerprint density at radius 1 is 0.254 bits per heavy atom. The van der Waals surface area contributed by atoms with Gasteiger partial charge in [-0.2, -0.15) is 0 Å². The molecule has 2 aromatic heterocycles. The van der Waals surface area contributed by atoms with Gasteiger partial charge in [0.2, 0.25) is 0 Å². The molecule has 0 aliphatic carbocycles. The van der Waals surface area contributed by atoms with Crippen LogP contribution in [0.1, 0.15) is 0 Å². The highest BCUT2D eigenvalue weighted by Crippen LogP contribution is 2.47. The van der Waals surface area contributed by atoms with Crippen molar-refractivity contribution in [2.45, 2.75) is 0 Å². The third-order valence-electron chi connectivity index (χ3n) is 12.7. The van der Waals surface area contributed by atoms with Gasteiger partial charge in [-0.1, -0.05) is 218 Å². The summed E-state index contributed by atoms with van der Waals surface area (Å²) in [4.78, 5) is 10.3. The summed E-state index contributed by atoms with van der Waals surface area (Å²) < 4.78 is 6.72. The van der Waals surface area contributed by atoms with Crippen LogP contribution in [0, 0.1) is 0 Å². The molecule has 0 spiro atoms. The van der Waals surface area contributed by atoms with Gasteiger partial charge in [0.15, 0.2) is 5.82 Å². The molecule has 0 radical (unpaired) electrons. The topological polar surface area (TPSA) is 38.9 Å². The average Bonchev–Trinajstić information content (AvgIpc) is 3.81. The monoisotopic (exact) mass is 854 g/mol. The van der Waals surface area contributed by atoms with Gasteiger partial charge in [0.05, 0.1) is 11.4 Å². The summed E-state index contributed by atoms with van der Waals surface area (Å²) >= 11 is 0. The normalized spacial score (nSPS) is 11.3. The second kappa shape index (κ2) is 17.2. The van der Waals surface area contributed by atoms with E-state index >= 15 is 0 Å². The van der Waals surface area contributed by atoms with Crippen LogP contribution in [0.15, 0.2) is 259 Å². The van der Waals surface area contributed by atoms with E-state index < -0.39 is 0 Å². The molecular weight excluding hydrogens is 813 g/mol. The van der Waals surface area contributed by atoms with Crippen molar-refractivity contribution in [2.24, 2.45) is 0 Å². The van der Waals surface area contributed by atoms with Crippen molar-refractivity contribution < 1.29 is 4.42 Å². The Labute approximate surface area is 390 Å². The van der Waals surface area contributed by atoms with E-state index in [1.807, 2.05) is 30.3 Å². The van der Waals surface area contributed by atoms with E-state index in [-0.39, 0.29) is 0 Å². The lowest BCUT2D eigenvalue weighted by atomic mass is 9.84. The van der Waals surface area contributed by atoms with E-state index in [2.05, 4.69) is 224 Å². The van der Waals surface area contributed by atoms with Gasteiger partial charge in [-0.25, -0.2) is 9.97 Å². The molecule has 0 saturated heterocycles. The van der Waals surface area contributed by atoms with E-state index in [1.165, 1.54) is 11.1 Å². The van der Waals surface area contributed by atoms with Crippen LogP contribution >= 0.6 is 0 Å². The summed E-state index contributed by atoms with van der Waals surface area (Å²) in [6.45, 7) is 0. The van der Waals surface area contributed by atoms with Gasteiger partial charge in [-0.15, -0.1) is 0 Å². The third kappa shape index (κ3) is 7.69. The molecule has 10 aromatic carbocycles. The number of aromatic nitrogens is 2. The molecule has 0 atom stereocenters. The molecule has 0 aliphatic heterocycles. The molecule has 12 rings (SSSR count). The van der Waals surface area contributed by atoms with Crippen LogP contribution in [0.25, 0.3) is 123 Å². The number of nitrogens with zero attached hydrogens (tertiary/aromatic N) is 2. The number of fused-ring (bicyclic) bond motifs is 3. The van der Waals surface area contributed by atoms with Crippen molar-refractivity contribution in [2.75, 3.05) is 0 Å². The maximum Gasteiger partial charge on any atom is 0.160 e. The lowest BCUT2D eigenvalue weighted by Crippen LogP contribution is -1.96. The highest BCUT2D eigenvalue weighted by Gasteiger charge is 2.21. The highest BCUT2D eigenvalue weighted by molar-refractivity contribution is 6.12. The summed E-state index contributed by atoms with van der Waals surface area (Å²) in [5, 5.41) is 2.22. The standard InChI is InChI=1S/C64H42N2O/c1-5-18-43(19-6-1)45-34-36-46(37-35-45)59-42-60(66-64(65-59)48-24-11-4-12-25-48)52-29-16-27-50(39-52)49-26-15-28-51(38-49)57-40-53(44-20-7-2-8-21-44)41-58(62(57)47-22-9-3-10-23-47)56-32-17-31-55-54-30-13-14-33-61(54)67-63(55)56/h1-42H.